The molecular weight excluding hydrogens is 407 g/mol. The van der Waals surface area contributed by atoms with Crippen molar-refractivity contribution >= 4 is 30.4 Å². The number of rotatable bonds is 4. The maximum Gasteiger partial charge on any atom is 0.480 e. The summed E-state index contributed by atoms with van der Waals surface area (Å²) >= 11 is 0. The Bertz CT molecular complexity index is 864. The first-order chi connectivity index (χ1) is 10.7. The van der Waals surface area contributed by atoms with Gasteiger partial charge in [-0.05, 0) is 0 Å². The third-order valence-electron chi connectivity index (χ3n) is 3.94. The summed E-state index contributed by atoms with van der Waals surface area (Å²) in [5.74, 6) is -0.766. The Kier molecular flexibility index (Phi) is 3.82. The van der Waals surface area contributed by atoms with Crippen molar-refractivity contribution in [2.45, 2.75) is 42.1 Å². The van der Waals surface area contributed by atoms with Crippen LogP contribution >= 0.6 is 0 Å². The molecule has 0 saturated carbocycles. The first kappa shape index (κ1) is 18.3. The Morgan fingerprint density at radius 2 is 1.67 bits per heavy atom. The minimum absolute atomic E-state index is 0.766. The lowest BCUT2D eigenvalue weighted by Crippen LogP contribution is -2.46. The van der Waals surface area contributed by atoms with E-state index in [9.17, 15) is 38.4 Å². The van der Waals surface area contributed by atoms with Crippen molar-refractivity contribution in [3.05, 3.63) is 4.13 Å². The van der Waals surface area contributed by atoms with Crippen LogP contribution in [0, 0.1) is 5.92 Å². The molecule has 0 aromatic carbocycles. The van der Waals surface area contributed by atoms with Crippen molar-refractivity contribution < 1.29 is 51.5 Å². The predicted molar refractivity (Wildman–Crippen MR) is 67.5 cm³/mol. The van der Waals surface area contributed by atoms with Crippen LogP contribution in [-0.4, -0.2) is 60.4 Å². The number of ether oxygens (including phenoxy) is 1. The molecule has 0 aromatic rings. The van der Waals surface area contributed by atoms with Gasteiger partial charge >= 0.3 is 5.51 Å². The van der Waals surface area contributed by atoms with E-state index in [4.69, 9.17) is 8.92 Å². The third-order valence-corrected chi connectivity index (χ3v) is 8.36. The maximum atomic E-state index is 12.2. The van der Waals surface area contributed by atoms with E-state index in [1.165, 1.54) is 6.92 Å². The molecule has 3 aliphatic rings. The smallest absolute Gasteiger partial charge is 0.404 e. The van der Waals surface area contributed by atoms with Gasteiger partial charge in [-0.3, -0.25) is 8.37 Å². The Labute approximate surface area is 134 Å². The minimum Gasteiger partial charge on any atom is -0.404 e. The van der Waals surface area contributed by atoms with E-state index in [0.717, 1.165) is 0 Å². The summed E-state index contributed by atoms with van der Waals surface area (Å²) < 4.78 is 121. The van der Waals surface area contributed by atoms with Gasteiger partial charge in [0.1, 0.15) is 23.6 Å². The molecule has 0 spiro atoms. The summed E-state index contributed by atoms with van der Waals surface area (Å²) in [6.07, 6.45) is -5.19. The van der Waals surface area contributed by atoms with Gasteiger partial charge in [0, 0.05) is 5.92 Å². The van der Waals surface area contributed by atoms with Gasteiger partial charge in [-0.15, -0.1) is 0 Å². The summed E-state index contributed by atoms with van der Waals surface area (Å²) in [6.45, 7) is 1.41. The number of hydrogen-bond donors (Lipinski definition) is 0. The molecule has 10 nitrogen and oxygen atoms in total. The lowest BCUT2D eigenvalue weighted by molar-refractivity contribution is -0.0425. The minimum atomic E-state index is -6.35. The van der Waals surface area contributed by atoms with Gasteiger partial charge in [0.15, 0.2) is 10.0 Å². The molecule has 3 rings (SSSR count). The summed E-state index contributed by atoms with van der Waals surface area (Å²) in [7, 11) is -16.0. The Balaban J connectivity index is 1.83. The van der Waals surface area contributed by atoms with Crippen LogP contribution in [0.4, 0.5) is 13.2 Å². The molecule has 2 bridgehead atoms. The molecule has 0 aromatic heterocycles. The molecule has 3 aliphatic heterocycles. The first-order valence-corrected chi connectivity index (χ1v) is 10.5. The van der Waals surface area contributed by atoms with E-state index in [1.807, 2.05) is 0 Å². The van der Waals surface area contributed by atoms with E-state index in [2.05, 4.69) is 4.18 Å². The van der Waals surface area contributed by atoms with E-state index >= 15 is 0 Å². The summed E-state index contributed by atoms with van der Waals surface area (Å²) in [5.41, 5.74) is -5.93. The van der Waals surface area contributed by atoms with Crippen LogP contribution in [0.3, 0.4) is 0 Å². The van der Waals surface area contributed by atoms with Crippen molar-refractivity contribution in [3.63, 3.8) is 0 Å². The van der Waals surface area contributed by atoms with Crippen LogP contribution in [-0.2, 0) is 43.5 Å². The highest BCUT2D eigenvalue weighted by molar-refractivity contribution is 8.10. The number of hydrogen-bond acceptors (Lipinski definition) is 9. The summed E-state index contributed by atoms with van der Waals surface area (Å²) in [5, 5.41) is -1.05. The van der Waals surface area contributed by atoms with Crippen LogP contribution in [0.5, 0.6) is 0 Å². The quantitative estimate of drug-likeness (QED) is 0.546. The zero-order valence-corrected chi connectivity index (χ0v) is 13.9. The fraction of sp³-hybridized carbons (Fsp3) is 1.00. The molecule has 3 saturated heterocycles. The lowest BCUT2D eigenvalue weighted by atomic mass is 9.86. The first-order valence-electron chi connectivity index (χ1n) is 6.23. The van der Waals surface area contributed by atoms with Crippen molar-refractivity contribution in [2.24, 2.45) is 5.92 Å². The van der Waals surface area contributed by atoms with Gasteiger partial charge < -0.3 is 8.86 Å². The van der Waals surface area contributed by atoms with E-state index in [0.29, 0.717) is 0 Å². The van der Waals surface area contributed by atoms with E-state index < -0.39 is 71.5 Å². The van der Waals surface area contributed by atoms with Crippen LogP contribution in [0.2, 0.25) is 0 Å². The van der Waals surface area contributed by atoms with Gasteiger partial charge in [-0.2, -0.15) is 21.6 Å². The van der Waals surface area contributed by atoms with E-state index in [1.54, 1.807) is 4.13 Å². The second-order valence-electron chi connectivity index (χ2n) is 5.43. The average molecular weight is 416 g/mol. The van der Waals surface area contributed by atoms with Crippen LogP contribution in [0.15, 0.2) is 0 Å². The molecule has 3 fully saturated rings. The van der Waals surface area contributed by atoms with Crippen LogP contribution in [0.25, 0.3) is 4.13 Å². The Morgan fingerprint density at radius 3 is 2.21 bits per heavy atom. The molecule has 0 N–H and O–H groups in total. The molecular formula is C8H9F3NO9S3-. The van der Waals surface area contributed by atoms with Crippen molar-refractivity contribution in [3.8, 4) is 0 Å². The third kappa shape index (κ3) is 2.63. The van der Waals surface area contributed by atoms with E-state index in [-0.39, 0.29) is 0 Å². The highest BCUT2D eigenvalue weighted by Crippen LogP contribution is 2.51. The normalized spacial score (nSPS) is 41.0. The zero-order chi connectivity index (χ0) is 18.3. The highest BCUT2D eigenvalue weighted by atomic mass is 32.3. The topological polar surface area (TPSA) is 144 Å². The second-order valence-corrected chi connectivity index (χ2v) is 10.2. The molecule has 0 aliphatic carbocycles. The van der Waals surface area contributed by atoms with Crippen LogP contribution < -0.4 is 0 Å². The number of alkyl halides is 3. The fourth-order valence-corrected chi connectivity index (χ4v) is 6.89. The molecule has 0 radical (unpaired) electrons. The Morgan fingerprint density at radius 1 is 1.08 bits per heavy atom. The van der Waals surface area contributed by atoms with Gasteiger partial charge in [0.2, 0.25) is 10.3 Å². The number of halogens is 3. The molecule has 6 atom stereocenters. The monoisotopic (exact) mass is 416 g/mol. The van der Waals surface area contributed by atoms with Gasteiger partial charge in [0.05, 0.1) is 6.10 Å². The van der Waals surface area contributed by atoms with Crippen molar-refractivity contribution in [2.75, 3.05) is 0 Å². The molecule has 0 amide bonds. The van der Waals surface area contributed by atoms with Gasteiger partial charge in [0.25, 0.3) is 10.1 Å². The summed E-state index contributed by atoms with van der Waals surface area (Å²) in [4.78, 5) is 0. The molecule has 16 heteroatoms. The largest absolute Gasteiger partial charge is 0.480 e. The standard InChI is InChI=1S/C8H9F3NO9S3/c1-2-3-4(5-6(19-3)7(2)22(13,14)20-5)21-24(17,18)12-23(15,16)8(9,10)11/h2-7H,1H3/q-1. The Hall–Kier alpha value is -0.520. The predicted octanol–water partition coefficient (Wildman–Crippen LogP) is -0.646. The maximum absolute atomic E-state index is 12.2. The van der Waals surface area contributed by atoms with Crippen molar-refractivity contribution in [1.29, 1.82) is 0 Å². The molecule has 3 heterocycles. The fourth-order valence-electron chi connectivity index (χ4n) is 3.07. The lowest BCUT2D eigenvalue weighted by Gasteiger charge is -2.29. The molecule has 24 heavy (non-hydrogen) atoms. The highest BCUT2D eigenvalue weighted by Gasteiger charge is 2.70. The molecule has 140 valence electrons. The number of fused-ring (bicyclic) bond motifs is 1. The molecule has 6 unspecified atom stereocenters. The average Bonchev–Trinajstić information content (AvgIpc) is 2.89. The second kappa shape index (κ2) is 5.01. The SMILES string of the molecule is CC1C2OC3C(OS(=O)(=O)C13)C2OS(=O)(=O)[N-]S(=O)(=O)C(F)(F)F. The number of nitrogens with zero attached hydrogens (tertiary/aromatic N) is 1. The number of sulfonamides is 1. The van der Waals surface area contributed by atoms with Gasteiger partial charge in [-0.1, -0.05) is 6.92 Å². The van der Waals surface area contributed by atoms with Crippen LogP contribution in [0.1, 0.15) is 6.92 Å². The summed E-state index contributed by atoms with van der Waals surface area (Å²) in [6, 6.07) is 0. The zero-order valence-electron chi connectivity index (χ0n) is 11.4. The van der Waals surface area contributed by atoms with Crippen molar-refractivity contribution in [1.82, 2.24) is 0 Å². The van der Waals surface area contributed by atoms with Gasteiger partial charge in [-0.25, -0.2) is 16.8 Å².